The van der Waals surface area contributed by atoms with Crippen LogP contribution in [0.5, 0.6) is 0 Å². The van der Waals surface area contributed by atoms with Gasteiger partial charge in [0.05, 0.1) is 6.42 Å². The van der Waals surface area contributed by atoms with Crippen LogP contribution in [-0.2, 0) is 9.59 Å². The summed E-state index contributed by atoms with van der Waals surface area (Å²) in [5.74, 6) is -0.703. The first-order chi connectivity index (χ1) is 7.84. The van der Waals surface area contributed by atoms with E-state index in [1.54, 1.807) is 18.7 Å². The molecule has 1 fully saturated rings. The van der Waals surface area contributed by atoms with Gasteiger partial charge in [-0.1, -0.05) is 13.8 Å². The molecule has 0 aromatic carbocycles. The molecule has 0 bridgehead atoms. The quantitative estimate of drug-likeness (QED) is 0.745. The minimum Gasteiger partial charge on any atom is -0.481 e. The van der Waals surface area contributed by atoms with E-state index in [0.29, 0.717) is 13.1 Å². The number of hydrogen-bond donors (Lipinski definition) is 2. The maximum atomic E-state index is 12.0. The molecule has 1 unspecified atom stereocenters. The minimum absolute atomic E-state index is 0.00396. The molecule has 5 nitrogen and oxygen atoms in total. The SMILES string of the molecule is CC(C)(CC(=O)O)CC(=O)N1CCC(CO)C1. The van der Waals surface area contributed by atoms with Crippen molar-refractivity contribution in [1.82, 2.24) is 4.90 Å². The van der Waals surface area contributed by atoms with Crippen LogP contribution in [0.1, 0.15) is 33.1 Å². The zero-order valence-corrected chi connectivity index (χ0v) is 10.5. The summed E-state index contributed by atoms with van der Waals surface area (Å²) in [4.78, 5) is 24.3. The van der Waals surface area contributed by atoms with Crippen molar-refractivity contribution in [3.63, 3.8) is 0 Å². The second-order valence-electron chi connectivity index (χ2n) is 5.59. The number of nitrogens with zero attached hydrogens (tertiary/aromatic N) is 1. The molecule has 98 valence electrons. The van der Waals surface area contributed by atoms with Crippen LogP contribution in [0.2, 0.25) is 0 Å². The van der Waals surface area contributed by atoms with E-state index in [4.69, 9.17) is 10.2 Å². The Bertz CT molecular complexity index is 301. The summed E-state index contributed by atoms with van der Waals surface area (Å²) in [5, 5.41) is 17.8. The average molecular weight is 243 g/mol. The molecule has 0 radical (unpaired) electrons. The largest absolute Gasteiger partial charge is 0.481 e. The van der Waals surface area contributed by atoms with E-state index in [1.165, 1.54) is 0 Å². The molecule has 0 aromatic rings. The van der Waals surface area contributed by atoms with Gasteiger partial charge in [0.25, 0.3) is 0 Å². The van der Waals surface area contributed by atoms with Gasteiger partial charge in [0.15, 0.2) is 0 Å². The smallest absolute Gasteiger partial charge is 0.303 e. The summed E-state index contributed by atoms with van der Waals surface area (Å²) in [6, 6.07) is 0. The van der Waals surface area contributed by atoms with Crippen molar-refractivity contribution in [2.45, 2.75) is 33.1 Å². The number of likely N-dealkylation sites (tertiary alicyclic amines) is 1. The van der Waals surface area contributed by atoms with Gasteiger partial charge in [0.1, 0.15) is 0 Å². The Kier molecular flexibility index (Phi) is 4.51. The molecule has 1 amide bonds. The fourth-order valence-electron chi connectivity index (χ4n) is 2.20. The molecule has 1 aliphatic rings. The maximum Gasteiger partial charge on any atom is 0.303 e. The molecule has 17 heavy (non-hydrogen) atoms. The summed E-state index contributed by atoms with van der Waals surface area (Å²) >= 11 is 0. The number of aliphatic hydroxyl groups is 1. The second-order valence-corrected chi connectivity index (χ2v) is 5.59. The summed E-state index contributed by atoms with van der Waals surface area (Å²) in [6.07, 6.45) is 1.08. The van der Waals surface area contributed by atoms with Crippen LogP contribution in [0, 0.1) is 11.3 Å². The highest BCUT2D eigenvalue weighted by atomic mass is 16.4. The lowest BCUT2D eigenvalue weighted by molar-refractivity contribution is -0.140. The number of carbonyl (C=O) groups excluding carboxylic acids is 1. The molecule has 1 heterocycles. The van der Waals surface area contributed by atoms with Crippen molar-refractivity contribution in [3.8, 4) is 0 Å². The van der Waals surface area contributed by atoms with Crippen LogP contribution < -0.4 is 0 Å². The minimum atomic E-state index is -0.877. The van der Waals surface area contributed by atoms with Gasteiger partial charge < -0.3 is 15.1 Å². The Hall–Kier alpha value is -1.10. The van der Waals surface area contributed by atoms with Crippen molar-refractivity contribution < 1.29 is 19.8 Å². The molecule has 0 aromatic heterocycles. The first-order valence-corrected chi connectivity index (χ1v) is 5.94. The van der Waals surface area contributed by atoms with Crippen molar-refractivity contribution in [2.75, 3.05) is 19.7 Å². The van der Waals surface area contributed by atoms with Crippen LogP contribution in [0.3, 0.4) is 0 Å². The van der Waals surface area contributed by atoms with E-state index in [1.807, 2.05) is 0 Å². The lowest BCUT2D eigenvalue weighted by atomic mass is 9.85. The third-order valence-corrected chi connectivity index (χ3v) is 3.16. The summed E-state index contributed by atoms with van der Waals surface area (Å²) in [5.41, 5.74) is -0.514. The van der Waals surface area contributed by atoms with E-state index in [0.717, 1.165) is 6.42 Å². The van der Waals surface area contributed by atoms with Crippen LogP contribution in [0.15, 0.2) is 0 Å². The monoisotopic (exact) mass is 243 g/mol. The predicted octanol–water partition coefficient (Wildman–Crippen LogP) is 0.718. The number of carbonyl (C=O) groups is 2. The maximum absolute atomic E-state index is 12.0. The standard InChI is InChI=1S/C12H21NO4/c1-12(2,6-11(16)17)5-10(15)13-4-3-9(7-13)8-14/h9,14H,3-8H2,1-2H3,(H,16,17). The number of carboxylic acids is 1. The molecular weight excluding hydrogens is 222 g/mol. The fraction of sp³-hybridized carbons (Fsp3) is 0.833. The Morgan fingerprint density at radius 2 is 2.00 bits per heavy atom. The number of amides is 1. The van der Waals surface area contributed by atoms with Crippen molar-refractivity contribution in [3.05, 3.63) is 0 Å². The first-order valence-electron chi connectivity index (χ1n) is 5.94. The van der Waals surface area contributed by atoms with Gasteiger partial charge >= 0.3 is 5.97 Å². The van der Waals surface area contributed by atoms with Crippen molar-refractivity contribution in [1.29, 1.82) is 0 Å². The summed E-state index contributed by atoms with van der Waals surface area (Å²) in [6.45, 7) is 4.96. The second kappa shape index (κ2) is 5.49. The Morgan fingerprint density at radius 1 is 1.35 bits per heavy atom. The van der Waals surface area contributed by atoms with Gasteiger partial charge in [-0.05, 0) is 11.8 Å². The molecule has 1 aliphatic heterocycles. The van der Waals surface area contributed by atoms with Gasteiger partial charge in [0, 0.05) is 32.0 Å². The van der Waals surface area contributed by atoms with E-state index in [9.17, 15) is 9.59 Å². The Balaban J connectivity index is 2.46. The molecule has 0 saturated carbocycles. The van der Waals surface area contributed by atoms with Crippen molar-refractivity contribution in [2.24, 2.45) is 11.3 Å². The number of rotatable bonds is 5. The van der Waals surface area contributed by atoms with Crippen molar-refractivity contribution >= 4 is 11.9 Å². The average Bonchev–Trinajstić information content (AvgIpc) is 2.62. The number of aliphatic hydroxyl groups excluding tert-OH is 1. The normalized spacial score (nSPS) is 20.6. The number of hydrogen-bond acceptors (Lipinski definition) is 3. The first kappa shape index (κ1) is 14.0. The summed E-state index contributed by atoms with van der Waals surface area (Å²) < 4.78 is 0. The van der Waals surface area contributed by atoms with Gasteiger partial charge in [-0.3, -0.25) is 9.59 Å². The highest BCUT2D eigenvalue weighted by Crippen LogP contribution is 2.27. The van der Waals surface area contributed by atoms with E-state index >= 15 is 0 Å². The zero-order valence-electron chi connectivity index (χ0n) is 10.5. The number of carboxylic acid groups (broad SMARTS) is 1. The van der Waals surface area contributed by atoms with Gasteiger partial charge in [-0.2, -0.15) is 0 Å². The third kappa shape index (κ3) is 4.34. The molecular formula is C12H21NO4. The Labute approximate surface area is 101 Å². The van der Waals surface area contributed by atoms with E-state index < -0.39 is 11.4 Å². The van der Waals surface area contributed by atoms with Crippen LogP contribution in [-0.4, -0.2) is 46.7 Å². The molecule has 1 saturated heterocycles. The topological polar surface area (TPSA) is 77.8 Å². The summed E-state index contributed by atoms with van der Waals surface area (Å²) in [7, 11) is 0. The van der Waals surface area contributed by atoms with Gasteiger partial charge in [-0.25, -0.2) is 0 Å². The molecule has 2 N–H and O–H groups in total. The third-order valence-electron chi connectivity index (χ3n) is 3.16. The van der Waals surface area contributed by atoms with Gasteiger partial charge in [0.2, 0.25) is 5.91 Å². The van der Waals surface area contributed by atoms with E-state index in [2.05, 4.69) is 0 Å². The Morgan fingerprint density at radius 3 is 2.47 bits per heavy atom. The van der Waals surface area contributed by atoms with Gasteiger partial charge in [-0.15, -0.1) is 0 Å². The molecule has 1 rings (SSSR count). The molecule has 0 aliphatic carbocycles. The fourth-order valence-corrected chi connectivity index (χ4v) is 2.20. The molecule has 0 spiro atoms. The van der Waals surface area contributed by atoms with Crippen LogP contribution in [0.4, 0.5) is 0 Å². The molecule has 1 atom stereocenters. The number of aliphatic carboxylic acids is 1. The predicted molar refractivity (Wildman–Crippen MR) is 62.4 cm³/mol. The lowest BCUT2D eigenvalue weighted by Gasteiger charge is -2.25. The lowest BCUT2D eigenvalue weighted by Crippen LogP contribution is -2.33. The zero-order chi connectivity index (χ0) is 13.1. The highest BCUT2D eigenvalue weighted by Gasteiger charge is 2.31. The van der Waals surface area contributed by atoms with Crippen LogP contribution in [0.25, 0.3) is 0 Å². The highest BCUT2D eigenvalue weighted by molar-refractivity contribution is 5.78. The van der Waals surface area contributed by atoms with Crippen LogP contribution >= 0.6 is 0 Å². The van der Waals surface area contributed by atoms with E-state index in [-0.39, 0.29) is 31.3 Å². The molecule has 5 heteroatoms.